The molecule has 1 amide bonds. The smallest absolute Gasteiger partial charge is 0.243 e. The Hall–Kier alpha value is -2.28. The van der Waals surface area contributed by atoms with E-state index in [1.165, 1.54) is 0 Å². The van der Waals surface area contributed by atoms with Gasteiger partial charge in [0.1, 0.15) is 17.5 Å². The second-order valence-electron chi connectivity index (χ2n) is 6.19. The number of benzene rings is 2. The molecule has 0 spiro atoms. The third-order valence-corrected chi connectivity index (χ3v) is 4.56. The minimum absolute atomic E-state index is 0.0409. The van der Waals surface area contributed by atoms with Gasteiger partial charge in [0.2, 0.25) is 5.91 Å². The van der Waals surface area contributed by atoms with E-state index in [2.05, 4.69) is 16.2 Å². The summed E-state index contributed by atoms with van der Waals surface area (Å²) in [7, 11) is 0. The molecule has 0 aromatic heterocycles. The number of hydrazine groups is 1. The Labute approximate surface area is 164 Å². The minimum Gasteiger partial charge on any atom is -0.494 e. The second-order valence-corrected chi connectivity index (χ2v) is 6.63. The van der Waals surface area contributed by atoms with Gasteiger partial charge in [-0.3, -0.25) is 4.79 Å². The van der Waals surface area contributed by atoms with Gasteiger partial charge in [-0.15, -0.1) is 0 Å². The summed E-state index contributed by atoms with van der Waals surface area (Å²) < 4.78 is 11.1. The summed E-state index contributed by atoms with van der Waals surface area (Å²) in [5.74, 6) is 1.18. The van der Waals surface area contributed by atoms with Crippen LogP contribution < -0.4 is 25.6 Å². The Balaban J connectivity index is 1.68. The van der Waals surface area contributed by atoms with Crippen molar-refractivity contribution in [2.75, 3.05) is 18.5 Å². The molecule has 1 aliphatic heterocycles. The lowest BCUT2D eigenvalue weighted by Crippen LogP contribution is -2.39. The molecule has 3 rings (SSSR count). The lowest BCUT2D eigenvalue weighted by molar-refractivity contribution is -0.117. The average Bonchev–Trinajstić information content (AvgIpc) is 3.15. The highest BCUT2D eigenvalue weighted by Crippen LogP contribution is 2.30. The molecule has 0 aliphatic carbocycles. The van der Waals surface area contributed by atoms with E-state index in [1.807, 2.05) is 44.2 Å². The lowest BCUT2D eigenvalue weighted by atomic mass is 10.0. The number of carbonyl (C=O) groups excluding carboxylic acids is 1. The van der Waals surface area contributed by atoms with Crippen molar-refractivity contribution in [3.05, 3.63) is 53.1 Å². The van der Waals surface area contributed by atoms with Gasteiger partial charge in [0.15, 0.2) is 0 Å². The monoisotopic (exact) mass is 389 g/mol. The van der Waals surface area contributed by atoms with E-state index < -0.39 is 0 Å². The van der Waals surface area contributed by atoms with Crippen LogP contribution in [0.1, 0.15) is 31.9 Å². The number of rotatable bonds is 7. The summed E-state index contributed by atoms with van der Waals surface area (Å²) in [6.07, 6.45) is 0.628. The molecule has 1 fully saturated rings. The molecule has 0 saturated carbocycles. The summed E-state index contributed by atoms with van der Waals surface area (Å²) in [5, 5.41) is 3.64. The normalized spacial score (nSPS) is 18.9. The molecule has 2 unspecified atom stereocenters. The van der Waals surface area contributed by atoms with Gasteiger partial charge in [0.25, 0.3) is 0 Å². The Bertz CT molecular complexity index is 783. The quantitative estimate of drug-likeness (QED) is 0.673. The fraction of sp³-hybridized carbons (Fsp3) is 0.350. The third kappa shape index (κ3) is 4.91. The predicted octanol–water partition coefficient (Wildman–Crippen LogP) is 3.68. The van der Waals surface area contributed by atoms with Crippen molar-refractivity contribution in [1.29, 1.82) is 0 Å². The summed E-state index contributed by atoms with van der Waals surface area (Å²) >= 11 is 5.94. The number of amides is 1. The van der Waals surface area contributed by atoms with E-state index >= 15 is 0 Å². The van der Waals surface area contributed by atoms with Crippen molar-refractivity contribution in [1.82, 2.24) is 10.9 Å². The van der Waals surface area contributed by atoms with Gasteiger partial charge >= 0.3 is 0 Å². The van der Waals surface area contributed by atoms with Crippen molar-refractivity contribution in [2.45, 2.75) is 32.4 Å². The van der Waals surface area contributed by atoms with E-state index in [-0.39, 0.29) is 18.0 Å². The SMILES string of the molecule is CCOc1ccc(OCC)c(NC(=O)C2CC(c3ccc(Cl)cc3)NN2)c1. The van der Waals surface area contributed by atoms with Crippen LogP contribution in [0, 0.1) is 0 Å². The van der Waals surface area contributed by atoms with Gasteiger partial charge in [-0.2, -0.15) is 0 Å². The van der Waals surface area contributed by atoms with Crippen molar-refractivity contribution < 1.29 is 14.3 Å². The standard InChI is InChI=1S/C20H24ClN3O3/c1-3-26-15-9-10-19(27-4-2)17(11-15)22-20(25)18-12-16(23-24-18)13-5-7-14(21)8-6-13/h5-11,16,18,23-24H,3-4,12H2,1-2H3,(H,22,25). The number of halogens is 1. The number of ether oxygens (including phenoxy) is 2. The van der Waals surface area contributed by atoms with Gasteiger partial charge < -0.3 is 14.8 Å². The summed E-state index contributed by atoms with van der Waals surface area (Å²) in [6.45, 7) is 4.89. The van der Waals surface area contributed by atoms with Crippen molar-refractivity contribution in [3.8, 4) is 11.5 Å². The number of anilines is 1. The van der Waals surface area contributed by atoms with Crippen LogP contribution in [0.4, 0.5) is 5.69 Å². The van der Waals surface area contributed by atoms with Gasteiger partial charge in [-0.25, -0.2) is 10.9 Å². The van der Waals surface area contributed by atoms with Crippen molar-refractivity contribution in [2.24, 2.45) is 0 Å². The molecule has 1 heterocycles. The zero-order valence-corrected chi connectivity index (χ0v) is 16.2. The Morgan fingerprint density at radius 2 is 1.85 bits per heavy atom. The van der Waals surface area contributed by atoms with Crippen LogP contribution in [0.25, 0.3) is 0 Å². The van der Waals surface area contributed by atoms with Gasteiger partial charge in [-0.05, 0) is 50.1 Å². The first kappa shape index (κ1) is 19.5. The first-order chi connectivity index (χ1) is 13.1. The number of nitrogens with one attached hydrogen (secondary N) is 3. The highest BCUT2D eigenvalue weighted by atomic mass is 35.5. The molecule has 3 N–H and O–H groups in total. The van der Waals surface area contributed by atoms with Gasteiger partial charge in [0.05, 0.1) is 18.9 Å². The van der Waals surface area contributed by atoms with Crippen molar-refractivity contribution >= 4 is 23.2 Å². The van der Waals surface area contributed by atoms with Crippen LogP contribution in [0.15, 0.2) is 42.5 Å². The number of hydrogen-bond donors (Lipinski definition) is 3. The van der Waals surface area contributed by atoms with E-state index in [0.717, 1.165) is 5.56 Å². The molecule has 7 heteroatoms. The Morgan fingerprint density at radius 3 is 2.56 bits per heavy atom. The summed E-state index contributed by atoms with van der Waals surface area (Å²) in [5.41, 5.74) is 7.92. The fourth-order valence-corrected chi connectivity index (χ4v) is 3.13. The molecular weight excluding hydrogens is 366 g/mol. The van der Waals surface area contributed by atoms with E-state index in [4.69, 9.17) is 21.1 Å². The molecule has 27 heavy (non-hydrogen) atoms. The molecule has 2 aromatic carbocycles. The van der Waals surface area contributed by atoms with Crippen LogP contribution in [0.5, 0.6) is 11.5 Å². The maximum absolute atomic E-state index is 12.7. The molecule has 6 nitrogen and oxygen atoms in total. The maximum atomic E-state index is 12.7. The molecule has 0 radical (unpaired) electrons. The summed E-state index contributed by atoms with van der Waals surface area (Å²) in [4.78, 5) is 12.7. The topological polar surface area (TPSA) is 71.6 Å². The Morgan fingerprint density at radius 1 is 1.11 bits per heavy atom. The van der Waals surface area contributed by atoms with Crippen LogP contribution in [0.3, 0.4) is 0 Å². The van der Waals surface area contributed by atoms with E-state index in [9.17, 15) is 4.79 Å². The average molecular weight is 390 g/mol. The largest absolute Gasteiger partial charge is 0.494 e. The first-order valence-corrected chi connectivity index (χ1v) is 9.45. The molecule has 0 bridgehead atoms. The highest BCUT2D eigenvalue weighted by Gasteiger charge is 2.30. The van der Waals surface area contributed by atoms with Crippen LogP contribution >= 0.6 is 11.6 Å². The molecule has 1 aliphatic rings. The lowest BCUT2D eigenvalue weighted by Gasteiger charge is -2.15. The molecule has 2 aromatic rings. The van der Waals surface area contributed by atoms with Gasteiger partial charge in [-0.1, -0.05) is 23.7 Å². The van der Waals surface area contributed by atoms with E-state index in [1.54, 1.807) is 12.1 Å². The second kappa shape index (κ2) is 9.08. The zero-order valence-electron chi connectivity index (χ0n) is 15.4. The van der Waals surface area contributed by atoms with Crippen LogP contribution in [0.2, 0.25) is 5.02 Å². The molecule has 144 valence electrons. The van der Waals surface area contributed by atoms with Crippen LogP contribution in [-0.2, 0) is 4.79 Å². The maximum Gasteiger partial charge on any atom is 0.243 e. The zero-order chi connectivity index (χ0) is 19.2. The third-order valence-electron chi connectivity index (χ3n) is 4.31. The predicted molar refractivity (Wildman–Crippen MR) is 106 cm³/mol. The van der Waals surface area contributed by atoms with Gasteiger partial charge in [0, 0.05) is 17.1 Å². The van der Waals surface area contributed by atoms with Crippen molar-refractivity contribution in [3.63, 3.8) is 0 Å². The number of carbonyl (C=O) groups is 1. The van der Waals surface area contributed by atoms with Crippen LogP contribution in [-0.4, -0.2) is 25.2 Å². The minimum atomic E-state index is -0.365. The molecular formula is C20H24ClN3O3. The number of hydrogen-bond acceptors (Lipinski definition) is 5. The first-order valence-electron chi connectivity index (χ1n) is 9.07. The fourth-order valence-electron chi connectivity index (χ4n) is 3.01. The molecule has 2 atom stereocenters. The van der Waals surface area contributed by atoms with E-state index in [0.29, 0.717) is 41.8 Å². The summed E-state index contributed by atoms with van der Waals surface area (Å²) in [6, 6.07) is 12.7. The molecule has 1 saturated heterocycles. The highest BCUT2D eigenvalue weighted by molar-refractivity contribution is 6.30. The Kier molecular flexibility index (Phi) is 6.55.